The highest BCUT2D eigenvalue weighted by Crippen LogP contribution is 2.27. The molecule has 0 aromatic carbocycles. The molecule has 0 spiro atoms. The molecular weight excluding hydrogens is 194 g/mol. The van der Waals surface area contributed by atoms with Crippen molar-refractivity contribution in [3.8, 4) is 0 Å². The SMILES string of the molecule is NC1(COC2CCOC2=O)CCCCC1. The van der Waals surface area contributed by atoms with Crippen LogP contribution >= 0.6 is 0 Å². The smallest absolute Gasteiger partial charge is 0.335 e. The molecule has 4 nitrogen and oxygen atoms in total. The Kier molecular flexibility index (Phi) is 3.26. The third kappa shape index (κ3) is 2.69. The number of hydrogen-bond acceptors (Lipinski definition) is 4. The van der Waals surface area contributed by atoms with Crippen LogP contribution in [0.25, 0.3) is 0 Å². The number of nitrogens with two attached hydrogens (primary N) is 1. The summed E-state index contributed by atoms with van der Waals surface area (Å²) in [6.07, 6.45) is 5.94. The fraction of sp³-hybridized carbons (Fsp3) is 0.909. The lowest BCUT2D eigenvalue weighted by Gasteiger charge is -2.33. The molecule has 2 N–H and O–H groups in total. The normalized spacial score (nSPS) is 30.2. The first-order valence-electron chi connectivity index (χ1n) is 5.77. The molecule has 2 fully saturated rings. The monoisotopic (exact) mass is 213 g/mol. The first-order chi connectivity index (χ1) is 7.20. The van der Waals surface area contributed by atoms with E-state index in [-0.39, 0.29) is 17.6 Å². The molecule has 0 aromatic heterocycles. The number of carbonyl (C=O) groups is 1. The van der Waals surface area contributed by atoms with Gasteiger partial charge in [-0.05, 0) is 12.8 Å². The molecule has 0 radical (unpaired) electrons. The van der Waals surface area contributed by atoms with Crippen molar-refractivity contribution in [2.45, 2.75) is 50.2 Å². The molecule has 1 aliphatic carbocycles. The summed E-state index contributed by atoms with van der Waals surface area (Å²) in [5.74, 6) is -0.227. The highest BCUT2D eigenvalue weighted by Gasteiger charge is 2.32. The van der Waals surface area contributed by atoms with E-state index >= 15 is 0 Å². The maximum absolute atomic E-state index is 11.2. The van der Waals surface area contributed by atoms with Crippen molar-refractivity contribution in [1.29, 1.82) is 0 Å². The van der Waals surface area contributed by atoms with Gasteiger partial charge in [-0.2, -0.15) is 0 Å². The highest BCUT2D eigenvalue weighted by atomic mass is 16.6. The van der Waals surface area contributed by atoms with E-state index < -0.39 is 0 Å². The first kappa shape index (κ1) is 10.9. The van der Waals surface area contributed by atoms with Crippen molar-refractivity contribution >= 4 is 5.97 Å². The predicted octanol–water partition coefficient (Wildman–Crippen LogP) is 0.980. The maximum atomic E-state index is 11.2. The molecule has 0 aromatic rings. The molecule has 2 aliphatic rings. The van der Waals surface area contributed by atoms with Crippen LogP contribution < -0.4 is 5.73 Å². The Labute approximate surface area is 90.1 Å². The number of ether oxygens (including phenoxy) is 2. The molecule has 2 rings (SSSR count). The summed E-state index contributed by atoms with van der Waals surface area (Å²) in [6.45, 7) is 0.980. The minimum absolute atomic E-state index is 0.207. The van der Waals surface area contributed by atoms with Gasteiger partial charge in [-0.3, -0.25) is 0 Å². The minimum Gasteiger partial charge on any atom is -0.464 e. The molecule has 1 aliphatic heterocycles. The van der Waals surface area contributed by atoms with Crippen molar-refractivity contribution in [2.24, 2.45) is 5.73 Å². The Morgan fingerprint density at radius 2 is 2.13 bits per heavy atom. The zero-order valence-corrected chi connectivity index (χ0v) is 9.04. The summed E-state index contributed by atoms with van der Waals surface area (Å²) in [5.41, 5.74) is 6.00. The molecule has 1 saturated heterocycles. The second-order valence-corrected chi connectivity index (χ2v) is 4.68. The van der Waals surface area contributed by atoms with E-state index in [9.17, 15) is 4.79 Å². The van der Waals surface area contributed by atoms with Crippen LogP contribution in [0.1, 0.15) is 38.5 Å². The van der Waals surface area contributed by atoms with Crippen molar-refractivity contribution in [3.05, 3.63) is 0 Å². The molecule has 4 heteroatoms. The van der Waals surface area contributed by atoms with Gasteiger partial charge in [0, 0.05) is 12.0 Å². The molecular formula is C11H19NO3. The molecule has 1 saturated carbocycles. The number of hydrogen-bond donors (Lipinski definition) is 1. The third-order valence-corrected chi connectivity index (χ3v) is 3.31. The van der Waals surface area contributed by atoms with Crippen molar-refractivity contribution < 1.29 is 14.3 Å². The van der Waals surface area contributed by atoms with Gasteiger partial charge >= 0.3 is 5.97 Å². The lowest BCUT2D eigenvalue weighted by molar-refractivity contribution is -0.148. The van der Waals surface area contributed by atoms with Gasteiger partial charge in [0.2, 0.25) is 0 Å². The standard InChI is InChI=1S/C11H19NO3/c12-11(5-2-1-3-6-11)8-15-9-4-7-14-10(9)13/h9H,1-8,12H2. The zero-order chi connectivity index (χ0) is 10.7. The van der Waals surface area contributed by atoms with Crippen LogP contribution in [0, 0.1) is 0 Å². The zero-order valence-electron chi connectivity index (χ0n) is 9.04. The largest absolute Gasteiger partial charge is 0.464 e. The Hall–Kier alpha value is -0.610. The molecule has 0 bridgehead atoms. The van der Waals surface area contributed by atoms with Crippen molar-refractivity contribution in [2.75, 3.05) is 13.2 Å². The Morgan fingerprint density at radius 1 is 1.40 bits per heavy atom. The second-order valence-electron chi connectivity index (χ2n) is 4.68. The van der Waals surface area contributed by atoms with Crippen LogP contribution in [0.5, 0.6) is 0 Å². The Balaban J connectivity index is 1.78. The quantitative estimate of drug-likeness (QED) is 0.710. The maximum Gasteiger partial charge on any atom is 0.335 e. The molecule has 1 atom stereocenters. The fourth-order valence-electron chi connectivity index (χ4n) is 2.30. The van der Waals surface area contributed by atoms with Gasteiger partial charge < -0.3 is 15.2 Å². The summed E-state index contributed by atoms with van der Waals surface area (Å²) >= 11 is 0. The van der Waals surface area contributed by atoms with Gasteiger partial charge in [-0.15, -0.1) is 0 Å². The highest BCUT2D eigenvalue weighted by molar-refractivity contribution is 5.76. The lowest BCUT2D eigenvalue weighted by atomic mass is 9.83. The van der Waals surface area contributed by atoms with Crippen LogP contribution in [0.2, 0.25) is 0 Å². The number of rotatable bonds is 3. The van der Waals surface area contributed by atoms with Gasteiger partial charge in [0.25, 0.3) is 0 Å². The van der Waals surface area contributed by atoms with Gasteiger partial charge in [0.15, 0.2) is 6.10 Å². The summed E-state index contributed by atoms with van der Waals surface area (Å²) in [5, 5.41) is 0. The van der Waals surface area contributed by atoms with Crippen LogP contribution in [-0.2, 0) is 14.3 Å². The molecule has 15 heavy (non-hydrogen) atoms. The van der Waals surface area contributed by atoms with Crippen molar-refractivity contribution in [1.82, 2.24) is 0 Å². The summed E-state index contributed by atoms with van der Waals surface area (Å²) in [6, 6.07) is 0. The van der Waals surface area contributed by atoms with Crippen LogP contribution in [-0.4, -0.2) is 30.8 Å². The average molecular weight is 213 g/mol. The third-order valence-electron chi connectivity index (χ3n) is 3.31. The van der Waals surface area contributed by atoms with E-state index in [1.165, 1.54) is 19.3 Å². The van der Waals surface area contributed by atoms with Gasteiger partial charge in [0.05, 0.1) is 13.2 Å². The summed E-state index contributed by atoms with van der Waals surface area (Å²) in [7, 11) is 0. The van der Waals surface area contributed by atoms with Crippen LogP contribution in [0.3, 0.4) is 0 Å². The molecule has 86 valence electrons. The van der Waals surface area contributed by atoms with Gasteiger partial charge in [0.1, 0.15) is 0 Å². The van der Waals surface area contributed by atoms with E-state index in [0.29, 0.717) is 19.6 Å². The Morgan fingerprint density at radius 3 is 2.73 bits per heavy atom. The Bertz CT molecular complexity index is 236. The van der Waals surface area contributed by atoms with E-state index in [4.69, 9.17) is 15.2 Å². The van der Waals surface area contributed by atoms with E-state index in [1.807, 2.05) is 0 Å². The van der Waals surface area contributed by atoms with E-state index in [0.717, 1.165) is 12.8 Å². The summed E-state index contributed by atoms with van der Waals surface area (Å²) in [4.78, 5) is 11.2. The number of cyclic esters (lactones) is 1. The fourth-order valence-corrected chi connectivity index (χ4v) is 2.30. The first-order valence-corrected chi connectivity index (χ1v) is 5.77. The van der Waals surface area contributed by atoms with E-state index in [1.54, 1.807) is 0 Å². The second kappa shape index (κ2) is 4.49. The van der Waals surface area contributed by atoms with Gasteiger partial charge in [-0.1, -0.05) is 19.3 Å². The van der Waals surface area contributed by atoms with Crippen LogP contribution in [0.15, 0.2) is 0 Å². The van der Waals surface area contributed by atoms with Crippen molar-refractivity contribution in [3.63, 3.8) is 0 Å². The summed E-state index contributed by atoms with van der Waals surface area (Å²) < 4.78 is 10.4. The van der Waals surface area contributed by atoms with E-state index in [2.05, 4.69) is 0 Å². The lowest BCUT2D eigenvalue weighted by Crippen LogP contribution is -2.47. The predicted molar refractivity (Wildman–Crippen MR) is 55.3 cm³/mol. The molecule has 1 unspecified atom stereocenters. The minimum atomic E-state index is -0.368. The molecule has 1 heterocycles. The average Bonchev–Trinajstić information content (AvgIpc) is 2.62. The van der Waals surface area contributed by atoms with Crippen LogP contribution in [0.4, 0.5) is 0 Å². The topological polar surface area (TPSA) is 61.6 Å². The van der Waals surface area contributed by atoms with Gasteiger partial charge in [-0.25, -0.2) is 4.79 Å². The number of carbonyl (C=O) groups excluding carboxylic acids is 1. The number of esters is 1. The molecule has 0 amide bonds.